The lowest BCUT2D eigenvalue weighted by Crippen LogP contribution is -2.59. The van der Waals surface area contributed by atoms with Gasteiger partial charge in [-0.15, -0.1) is 0 Å². The van der Waals surface area contributed by atoms with Crippen molar-refractivity contribution in [1.82, 2.24) is 0 Å². The normalized spacial score (nSPS) is 34.4. The molecule has 0 aromatic rings. The second-order valence-corrected chi connectivity index (χ2v) is 5.34. The molecule has 0 aromatic heterocycles. The molecule has 1 heterocycles. The molecule has 0 amide bonds. The van der Waals surface area contributed by atoms with Gasteiger partial charge in [0, 0.05) is 6.61 Å². The molecule has 0 aromatic carbocycles. The summed E-state index contributed by atoms with van der Waals surface area (Å²) in [5.74, 6) is 0. The number of unbranched alkanes of at least 4 members (excludes halogenated alkanes) is 5. The average Bonchev–Trinajstić information content (AvgIpc) is 2.46. The van der Waals surface area contributed by atoms with E-state index < -0.39 is 37.3 Å². The molecule has 4 N–H and O–H groups in total. The van der Waals surface area contributed by atoms with Gasteiger partial charge in [-0.1, -0.05) is 39.0 Å². The van der Waals surface area contributed by atoms with Crippen LogP contribution in [0.25, 0.3) is 0 Å². The SMILES string of the molecule is CCCCCCCCO[C@@H]1O[C@H](CO)[C@@H](O)[C@H](O)[C@@H]1O. The minimum Gasteiger partial charge on any atom is -0.394 e. The molecule has 0 aliphatic carbocycles. The van der Waals surface area contributed by atoms with Crippen molar-refractivity contribution in [2.24, 2.45) is 0 Å². The predicted molar refractivity (Wildman–Crippen MR) is 73.1 cm³/mol. The Morgan fingerprint density at radius 3 is 2.20 bits per heavy atom. The van der Waals surface area contributed by atoms with Crippen LogP contribution in [0.15, 0.2) is 0 Å². The molecule has 1 aliphatic heterocycles. The maximum atomic E-state index is 9.75. The van der Waals surface area contributed by atoms with Crippen LogP contribution in [0.2, 0.25) is 0 Å². The van der Waals surface area contributed by atoms with E-state index in [1.807, 2.05) is 0 Å². The van der Waals surface area contributed by atoms with Crippen molar-refractivity contribution >= 4 is 0 Å². The van der Waals surface area contributed by atoms with Crippen molar-refractivity contribution in [3.8, 4) is 0 Å². The lowest BCUT2D eigenvalue weighted by atomic mass is 9.99. The van der Waals surface area contributed by atoms with E-state index in [4.69, 9.17) is 14.6 Å². The summed E-state index contributed by atoms with van der Waals surface area (Å²) < 4.78 is 10.6. The van der Waals surface area contributed by atoms with E-state index in [1.165, 1.54) is 19.3 Å². The lowest BCUT2D eigenvalue weighted by molar-refractivity contribution is -0.301. The molecule has 120 valence electrons. The topological polar surface area (TPSA) is 99.4 Å². The van der Waals surface area contributed by atoms with Crippen LogP contribution < -0.4 is 0 Å². The second-order valence-electron chi connectivity index (χ2n) is 5.34. The van der Waals surface area contributed by atoms with Crippen molar-refractivity contribution in [2.75, 3.05) is 13.2 Å². The Hall–Kier alpha value is -0.240. The van der Waals surface area contributed by atoms with Crippen LogP contribution in [-0.2, 0) is 9.47 Å². The van der Waals surface area contributed by atoms with Gasteiger partial charge in [-0.05, 0) is 6.42 Å². The summed E-state index contributed by atoms with van der Waals surface area (Å²) in [6.07, 6.45) is 0.851. The second kappa shape index (κ2) is 9.65. The van der Waals surface area contributed by atoms with Gasteiger partial charge in [-0.3, -0.25) is 0 Å². The predicted octanol–water partition coefficient (Wildman–Crippen LogP) is 0.163. The zero-order valence-corrected chi connectivity index (χ0v) is 12.1. The molecule has 0 bridgehead atoms. The summed E-state index contributed by atoms with van der Waals surface area (Å²) >= 11 is 0. The Morgan fingerprint density at radius 2 is 1.55 bits per heavy atom. The van der Waals surface area contributed by atoms with E-state index in [9.17, 15) is 15.3 Å². The van der Waals surface area contributed by atoms with Crippen LogP contribution in [0.3, 0.4) is 0 Å². The minimum absolute atomic E-state index is 0.425. The van der Waals surface area contributed by atoms with Crippen molar-refractivity contribution < 1.29 is 29.9 Å². The van der Waals surface area contributed by atoms with Gasteiger partial charge in [-0.25, -0.2) is 0 Å². The maximum absolute atomic E-state index is 9.75. The van der Waals surface area contributed by atoms with E-state index in [2.05, 4.69) is 6.92 Å². The Balaban J connectivity index is 2.21. The summed E-state index contributed by atoms with van der Waals surface area (Å²) in [5, 5.41) is 38.0. The molecule has 1 saturated heterocycles. The number of rotatable bonds is 9. The molecule has 1 aliphatic rings. The summed E-state index contributed by atoms with van der Waals surface area (Å²) in [4.78, 5) is 0. The molecule has 0 spiro atoms. The fourth-order valence-electron chi connectivity index (χ4n) is 2.29. The third kappa shape index (κ3) is 5.27. The summed E-state index contributed by atoms with van der Waals surface area (Å²) in [7, 11) is 0. The van der Waals surface area contributed by atoms with E-state index in [0.717, 1.165) is 19.3 Å². The first-order valence-corrected chi connectivity index (χ1v) is 7.54. The number of aliphatic hydroxyl groups is 4. The Bertz CT molecular complexity index is 248. The van der Waals surface area contributed by atoms with Crippen molar-refractivity contribution in [3.63, 3.8) is 0 Å². The monoisotopic (exact) mass is 292 g/mol. The highest BCUT2D eigenvalue weighted by Gasteiger charge is 2.43. The summed E-state index contributed by atoms with van der Waals surface area (Å²) in [6.45, 7) is 2.17. The molecule has 1 fully saturated rings. The zero-order chi connectivity index (χ0) is 15.0. The van der Waals surface area contributed by atoms with Gasteiger partial charge in [0.15, 0.2) is 6.29 Å². The van der Waals surface area contributed by atoms with Gasteiger partial charge in [0.05, 0.1) is 6.61 Å². The van der Waals surface area contributed by atoms with Crippen LogP contribution in [0.5, 0.6) is 0 Å². The van der Waals surface area contributed by atoms with Crippen molar-refractivity contribution in [3.05, 3.63) is 0 Å². The van der Waals surface area contributed by atoms with Gasteiger partial charge < -0.3 is 29.9 Å². The number of hydrogen-bond acceptors (Lipinski definition) is 6. The Labute approximate surface area is 120 Å². The van der Waals surface area contributed by atoms with E-state index in [1.54, 1.807) is 0 Å². The summed E-state index contributed by atoms with van der Waals surface area (Å²) in [5.41, 5.74) is 0. The van der Waals surface area contributed by atoms with Crippen LogP contribution in [0, 0.1) is 0 Å². The molecular formula is C14H28O6. The molecular weight excluding hydrogens is 264 g/mol. The van der Waals surface area contributed by atoms with E-state index in [-0.39, 0.29) is 0 Å². The largest absolute Gasteiger partial charge is 0.394 e. The molecule has 6 nitrogen and oxygen atoms in total. The standard InChI is InChI=1S/C14H28O6/c1-2-3-4-5-6-7-8-19-14-13(18)12(17)11(16)10(9-15)20-14/h10-18H,2-9H2,1H3/t10-,11-,12+,13+,14-/m1/s1. The average molecular weight is 292 g/mol. The zero-order valence-electron chi connectivity index (χ0n) is 12.1. The van der Waals surface area contributed by atoms with Crippen molar-refractivity contribution in [2.45, 2.75) is 76.2 Å². The first kappa shape index (κ1) is 17.8. The van der Waals surface area contributed by atoms with Crippen LogP contribution >= 0.6 is 0 Å². The molecule has 6 heteroatoms. The molecule has 20 heavy (non-hydrogen) atoms. The van der Waals surface area contributed by atoms with Crippen molar-refractivity contribution in [1.29, 1.82) is 0 Å². The maximum Gasteiger partial charge on any atom is 0.186 e. The molecule has 1 rings (SSSR count). The smallest absolute Gasteiger partial charge is 0.186 e. The molecule has 0 unspecified atom stereocenters. The van der Waals surface area contributed by atoms with Crippen LogP contribution in [0.4, 0.5) is 0 Å². The van der Waals surface area contributed by atoms with Gasteiger partial charge >= 0.3 is 0 Å². The minimum atomic E-state index is -1.37. The van der Waals surface area contributed by atoms with Gasteiger partial charge in [0.1, 0.15) is 24.4 Å². The third-order valence-corrected chi connectivity index (χ3v) is 3.63. The first-order valence-electron chi connectivity index (χ1n) is 7.54. The van der Waals surface area contributed by atoms with E-state index in [0.29, 0.717) is 6.61 Å². The number of ether oxygens (including phenoxy) is 2. The molecule has 5 atom stereocenters. The fraction of sp³-hybridized carbons (Fsp3) is 1.00. The Kier molecular flexibility index (Phi) is 8.60. The van der Waals surface area contributed by atoms with Gasteiger partial charge in [0.2, 0.25) is 0 Å². The van der Waals surface area contributed by atoms with Gasteiger partial charge in [-0.2, -0.15) is 0 Å². The first-order chi connectivity index (χ1) is 9.61. The lowest BCUT2D eigenvalue weighted by Gasteiger charge is -2.39. The number of aliphatic hydroxyl groups excluding tert-OH is 4. The molecule has 0 radical (unpaired) electrons. The third-order valence-electron chi connectivity index (χ3n) is 3.63. The summed E-state index contributed by atoms with van der Waals surface area (Å²) in [6, 6.07) is 0. The highest BCUT2D eigenvalue weighted by Crippen LogP contribution is 2.22. The van der Waals surface area contributed by atoms with Gasteiger partial charge in [0.25, 0.3) is 0 Å². The van der Waals surface area contributed by atoms with E-state index >= 15 is 0 Å². The fourth-order valence-corrected chi connectivity index (χ4v) is 2.29. The van der Waals surface area contributed by atoms with Crippen LogP contribution in [0.1, 0.15) is 45.4 Å². The highest BCUT2D eigenvalue weighted by molar-refractivity contribution is 4.88. The van der Waals surface area contributed by atoms with Crippen LogP contribution in [-0.4, -0.2) is 64.3 Å². The quantitative estimate of drug-likeness (QED) is 0.452. The number of hydrogen-bond donors (Lipinski definition) is 4. The Morgan fingerprint density at radius 1 is 0.900 bits per heavy atom. The molecule has 0 saturated carbocycles. The highest BCUT2D eigenvalue weighted by atomic mass is 16.7.